The van der Waals surface area contributed by atoms with Crippen LogP contribution in [0, 0.1) is 11.2 Å². The topological polar surface area (TPSA) is 75.4 Å². The van der Waals surface area contributed by atoms with Crippen molar-refractivity contribution in [3.8, 4) is 0 Å². The number of hydrogen-bond acceptors (Lipinski definition) is 4. The Kier molecular flexibility index (Phi) is 5.08. The quantitative estimate of drug-likeness (QED) is 0.850. The van der Waals surface area contributed by atoms with Gasteiger partial charge in [-0.2, -0.15) is 0 Å². The van der Waals surface area contributed by atoms with Crippen molar-refractivity contribution < 1.29 is 18.8 Å². The summed E-state index contributed by atoms with van der Waals surface area (Å²) in [7, 11) is 0. The van der Waals surface area contributed by atoms with Crippen LogP contribution in [-0.4, -0.2) is 22.8 Å². The Morgan fingerprint density at radius 2 is 1.88 bits per heavy atom. The summed E-state index contributed by atoms with van der Waals surface area (Å²) in [5, 5.41) is 16.0. The summed E-state index contributed by atoms with van der Waals surface area (Å²) >= 11 is 0. The number of anilines is 1. The van der Waals surface area contributed by atoms with Crippen LogP contribution in [0.25, 0.3) is 0 Å². The van der Waals surface area contributed by atoms with E-state index in [0.29, 0.717) is 12.1 Å². The number of hydrogen-bond donors (Lipinski definition) is 2. The Labute approximate surface area is 140 Å². The molecule has 1 aromatic heterocycles. The number of nitrogens with one attached hydrogen (secondary N) is 1. The molecule has 2 aromatic rings. The predicted molar refractivity (Wildman–Crippen MR) is 89.1 cm³/mol. The summed E-state index contributed by atoms with van der Waals surface area (Å²) in [6, 6.07) is 7.70. The van der Waals surface area contributed by atoms with Gasteiger partial charge in [0.1, 0.15) is 5.82 Å². The van der Waals surface area contributed by atoms with Crippen molar-refractivity contribution in [2.24, 2.45) is 5.41 Å². The molecule has 0 saturated heterocycles. The summed E-state index contributed by atoms with van der Waals surface area (Å²) in [6.45, 7) is 7.19. The van der Waals surface area contributed by atoms with Crippen molar-refractivity contribution in [1.29, 1.82) is 0 Å². The maximum Gasteiger partial charge on any atom is 0.232 e. The van der Waals surface area contributed by atoms with E-state index in [4.69, 9.17) is 4.52 Å². The molecule has 0 spiro atoms. The molecule has 0 aliphatic heterocycles. The molecule has 0 atom stereocenters. The first-order valence-corrected chi connectivity index (χ1v) is 7.78. The summed E-state index contributed by atoms with van der Waals surface area (Å²) < 4.78 is 18.1. The van der Waals surface area contributed by atoms with Crippen LogP contribution in [0.1, 0.15) is 39.0 Å². The highest BCUT2D eigenvalue weighted by Crippen LogP contribution is 2.27. The summed E-state index contributed by atoms with van der Waals surface area (Å²) in [5.41, 5.74) is 0.181. The lowest BCUT2D eigenvalue weighted by atomic mass is 9.85. The van der Waals surface area contributed by atoms with E-state index in [1.807, 2.05) is 13.8 Å². The number of halogens is 1. The van der Waals surface area contributed by atoms with Crippen LogP contribution in [0.3, 0.4) is 0 Å². The first-order valence-electron chi connectivity index (χ1n) is 7.78. The largest absolute Gasteiger partial charge is 0.395 e. The number of nitrogens with zero attached hydrogens (tertiary/aromatic N) is 1. The number of aliphatic hydroxyl groups excluding tert-OH is 1. The van der Waals surface area contributed by atoms with Crippen LogP contribution in [0.5, 0.6) is 0 Å². The fourth-order valence-electron chi connectivity index (χ4n) is 2.21. The van der Waals surface area contributed by atoms with E-state index in [1.165, 1.54) is 12.1 Å². The van der Waals surface area contributed by atoms with Gasteiger partial charge in [0.25, 0.3) is 0 Å². The van der Waals surface area contributed by atoms with E-state index in [1.54, 1.807) is 32.0 Å². The molecule has 1 heterocycles. The fourth-order valence-corrected chi connectivity index (χ4v) is 2.21. The van der Waals surface area contributed by atoms with Crippen LogP contribution in [0.15, 0.2) is 34.9 Å². The Bertz CT molecular complexity index is 705. The summed E-state index contributed by atoms with van der Waals surface area (Å²) in [6.07, 6.45) is 0.461. The summed E-state index contributed by atoms with van der Waals surface area (Å²) in [5.74, 6) is -0.290. The molecule has 24 heavy (non-hydrogen) atoms. The van der Waals surface area contributed by atoms with Crippen molar-refractivity contribution in [3.05, 3.63) is 47.4 Å². The lowest BCUT2D eigenvalue weighted by molar-refractivity contribution is -0.124. The average molecular weight is 334 g/mol. The fraction of sp³-hybridized carbons (Fsp3) is 0.444. The van der Waals surface area contributed by atoms with Crippen LogP contribution in [0.4, 0.5) is 10.3 Å². The highest BCUT2D eigenvalue weighted by Gasteiger charge is 2.30. The molecule has 6 heteroatoms. The number of rotatable bonds is 6. The van der Waals surface area contributed by atoms with Crippen molar-refractivity contribution in [1.82, 2.24) is 5.16 Å². The smallest absolute Gasteiger partial charge is 0.232 e. The molecule has 0 unspecified atom stereocenters. The van der Waals surface area contributed by atoms with Gasteiger partial charge in [-0.15, -0.1) is 0 Å². The molecule has 2 rings (SSSR count). The van der Waals surface area contributed by atoms with Crippen molar-refractivity contribution in [2.75, 3.05) is 11.9 Å². The van der Waals surface area contributed by atoms with Gasteiger partial charge in [-0.05, 0) is 24.1 Å². The SMILES string of the molecule is CC(C)(Cc1ccc(F)cc1)C(=O)Nc1cc(C(C)(C)CO)no1. The molecule has 130 valence electrons. The first-order chi connectivity index (χ1) is 11.1. The van der Waals surface area contributed by atoms with Crippen LogP contribution in [-0.2, 0) is 16.6 Å². The minimum atomic E-state index is -0.711. The third kappa shape index (κ3) is 4.20. The minimum Gasteiger partial charge on any atom is -0.395 e. The highest BCUT2D eigenvalue weighted by molar-refractivity contribution is 5.93. The van der Waals surface area contributed by atoms with Gasteiger partial charge in [0, 0.05) is 16.9 Å². The number of carbonyl (C=O) groups is 1. The predicted octanol–water partition coefficient (Wildman–Crippen LogP) is 3.29. The van der Waals surface area contributed by atoms with Gasteiger partial charge in [-0.25, -0.2) is 4.39 Å². The van der Waals surface area contributed by atoms with Crippen molar-refractivity contribution in [2.45, 2.75) is 39.5 Å². The highest BCUT2D eigenvalue weighted by atomic mass is 19.1. The Morgan fingerprint density at radius 1 is 1.25 bits per heavy atom. The second-order valence-corrected chi connectivity index (χ2v) is 7.26. The first kappa shape index (κ1) is 18.1. The number of amides is 1. The molecule has 0 saturated carbocycles. The van der Waals surface area contributed by atoms with Gasteiger partial charge in [-0.1, -0.05) is 45.0 Å². The van der Waals surface area contributed by atoms with Gasteiger partial charge in [0.05, 0.1) is 12.3 Å². The van der Waals surface area contributed by atoms with E-state index >= 15 is 0 Å². The van der Waals surface area contributed by atoms with Gasteiger partial charge in [-0.3, -0.25) is 10.1 Å². The van der Waals surface area contributed by atoms with Crippen molar-refractivity contribution >= 4 is 11.8 Å². The Hall–Kier alpha value is -2.21. The Balaban J connectivity index is 2.06. The third-order valence-electron chi connectivity index (χ3n) is 4.01. The van der Waals surface area contributed by atoms with Gasteiger partial charge in [0.2, 0.25) is 11.8 Å². The molecule has 0 bridgehead atoms. The van der Waals surface area contributed by atoms with E-state index in [0.717, 1.165) is 5.56 Å². The van der Waals surface area contributed by atoms with Crippen molar-refractivity contribution in [3.63, 3.8) is 0 Å². The molecule has 5 nitrogen and oxygen atoms in total. The number of carbonyl (C=O) groups excluding carboxylic acids is 1. The van der Waals surface area contributed by atoms with E-state index in [2.05, 4.69) is 10.5 Å². The maximum absolute atomic E-state index is 13.0. The zero-order chi connectivity index (χ0) is 18.0. The standard InChI is InChI=1S/C18H23FN2O3/c1-17(2,10-12-5-7-13(19)8-6-12)16(23)20-15-9-14(21-24-15)18(3,4)11-22/h5-9,22H,10-11H2,1-4H3,(H,20,23). The number of aliphatic hydroxyl groups is 1. The van der Waals surface area contributed by atoms with Gasteiger partial charge >= 0.3 is 0 Å². The lowest BCUT2D eigenvalue weighted by Gasteiger charge is -2.22. The molecular weight excluding hydrogens is 311 g/mol. The molecule has 2 N–H and O–H groups in total. The molecule has 0 aliphatic carbocycles. The zero-order valence-electron chi connectivity index (χ0n) is 14.4. The normalized spacial score (nSPS) is 12.2. The third-order valence-corrected chi connectivity index (χ3v) is 4.01. The van der Waals surface area contributed by atoms with Gasteiger partial charge < -0.3 is 9.63 Å². The molecule has 1 amide bonds. The second-order valence-electron chi connectivity index (χ2n) is 7.26. The minimum absolute atomic E-state index is 0.0804. The monoisotopic (exact) mass is 334 g/mol. The Morgan fingerprint density at radius 3 is 2.46 bits per heavy atom. The zero-order valence-corrected chi connectivity index (χ0v) is 14.4. The molecule has 0 radical (unpaired) electrons. The number of aromatic nitrogens is 1. The van der Waals surface area contributed by atoms with Crippen LogP contribution in [0.2, 0.25) is 0 Å². The van der Waals surface area contributed by atoms with E-state index in [9.17, 15) is 14.3 Å². The molecule has 0 fully saturated rings. The van der Waals surface area contributed by atoms with Crippen LogP contribution >= 0.6 is 0 Å². The van der Waals surface area contributed by atoms with Gasteiger partial charge in [0.15, 0.2) is 0 Å². The molecule has 1 aromatic carbocycles. The average Bonchev–Trinajstić information content (AvgIpc) is 2.98. The molecular formula is C18H23FN2O3. The lowest BCUT2D eigenvalue weighted by Crippen LogP contribution is -2.32. The summed E-state index contributed by atoms with van der Waals surface area (Å²) in [4.78, 5) is 12.5. The number of benzene rings is 1. The van der Waals surface area contributed by atoms with Crippen LogP contribution < -0.4 is 5.32 Å². The van der Waals surface area contributed by atoms with E-state index in [-0.39, 0.29) is 24.2 Å². The van der Waals surface area contributed by atoms with E-state index < -0.39 is 10.8 Å². The maximum atomic E-state index is 13.0. The molecule has 0 aliphatic rings. The second kappa shape index (κ2) is 6.73.